The minimum atomic E-state index is -5.25. The zero-order valence-corrected chi connectivity index (χ0v) is 50.3. The summed E-state index contributed by atoms with van der Waals surface area (Å²) in [6, 6.07) is 15.2. The third-order valence-electron chi connectivity index (χ3n) is 12.2. The van der Waals surface area contributed by atoms with Gasteiger partial charge in [0, 0.05) is 50.3 Å². The van der Waals surface area contributed by atoms with E-state index in [0.717, 1.165) is 36.4 Å². The number of nitrogens with zero attached hydrogens (tertiary/aromatic N) is 10. The number of nitrogens with one attached hydrogen (secondary N) is 4. The van der Waals surface area contributed by atoms with Crippen LogP contribution in [0.5, 0.6) is 11.5 Å². The minimum Gasteiger partial charge on any atom is -0.505 e. The molecule has 0 spiro atoms. The molecule has 90 heavy (non-hydrogen) atoms. The highest BCUT2D eigenvalue weighted by atomic mass is 35.5. The van der Waals surface area contributed by atoms with Crippen LogP contribution in [0.15, 0.2) is 125 Å². The van der Waals surface area contributed by atoms with Crippen LogP contribution in [0.2, 0.25) is 10.6 Å². The molecule has 0 aliphatic carbocycles. The van der Waals surface area contributed by atoms with Crippen molar-refractivity contribution in [3.63, 3.8) is 0 Å². The molecule has 2 heterocycles. The number of azo groups is 2. The van der Waals surface area contributed by atoms with E-state index in [2.05, 4.69) is 71.6 Å². The molecule has 8 aromatic rings. The third kappa shape index (κ3) is 17.0. The molecular formula is C50H46Cl2N14O20S4. The maximum Gasteiger partial charge on any atom is 0.337 e. The molecule has 0 aliphatic heterocycles. The molecule has 6 aromatic carbocycles. The lowest BCUT2D eigenvalue weighted by molar-refractivity contribution is 0.0687. The Hall–Kier alpha value is -9.06. The Kier molecular flexibility index (Phi) is 20.9. The van der Waals surface area contributed by atoms with Crippen LogP contribution in [-0.4, -0.2) is 154 Å². The van der Waals surface area contributed by atoms with E-state index in [9.17, 15) is 81.9 Å². The van der Waals surface area contributed by atoms with Crippen LogP contribution >= 0.6 is 23.2 Å². The van der Waals surface area contributed by atoms with Gasteiger partial charge in [0.05, 0.1) is 32.3 Å². The summed E-state index contributed by atoms with van der Waals surface area (Å²) >= 11 is 12.4. The summed E-state index contributed by atoms with van der Waals surface area (Å²) in [5.41, 5.74) is -3.70. The number of aromatic carboxylic acids is 2. The van der Waals surface area contributed by atoms with Gasteiger partial charge >= 0.3 is 11.9 Å². The van der Waals surface area contributed by atoms with Gasteiger partial charge in [-0.15, -0.1) is 20.5 Å². The van der Waals surface area contributed by atoms with Crippen molar-refractivity contribution < 1.29 is 91.4 Å². The smallest absolute Gasteiger partial charge is 0.337 e. The lowest BCUT2D eigenvalue weighted by Gasteiger charge is -2.15. The number of hydrogen-bond acceptors (Lipinski definition) is 28. The van der Waals surface area contributed by atoms with Crippen molar-refractivity contribution in [3.05, 3.63) is 107 Å². The van der Waals surface area contributed by atoms with E-state index in [0.29, 0.717) is 38.9 Å². The molecule has 0 fully saturated rings. The largest absolute Gasteiger partial charge is 0.505 e. The van der Waals surface area contributed by atoms with Gasteiger partial charge in [-0.1, -0.05) is 24.3 Å². The summed E-state index contributed by atoms with van der Waals surface area (Å²) in [5, 5.41) is 66.3. The van der Waals surface area contributed by atoms with E-state index in [1.807, 2.05) is 0 Å². The number of ether oxygens (including phenoxy) is 2. The van der Waals surface area contributed by atoms with Crippen LogP contribution in [-0.2, 0) is 49.9 Å². The molecule has 0 unspecified atom stereocenters. The van der Waals surface area contributed by atoms with Crippen LogP contribution in [0, 0.1) is 0 Å². The molecule has 8 rings (SSSR count). The van der Waals surface area contributed by atoms with E-state index in [1.165, 1.54) is 48.5 Å². The van der Waals surface area contributed by atoms with Gasteiger partial charge in [0.15, 0.2) is 11.5 Å². The van der Waals surface area contributed by atoms with Gasteiger partial charge < -0.3 is 51.2 Å². The van der Waals surface area contributed by atoms with Gasteiger partial charge in [-0.25, -0.2) is 9.59 Å². The van der Waals surface area contributed by atoms with Gasteiger partial charge in [0.25, 0.3) is 40.5 Å². The van der Waals surface area contributed by atoms with E-state index in [4.69, 9.17) is 32.7 Å². The van der Waals surface area contributed by atoms with Crippen molar-refractivity contribution >= 4 is 155 Å². The van der Waals surface area contributed by atoms with Gasteiger partial charge in [0.2, 0.25) is 34.4 Å². The first-order chi connectivity index (χ1) is 42.5. The first-order valence-electron chi connectivity index (χ1n) is 25.5. The van der Waals surface area contributed by atoms with Crippen molar-refractivity contribution in [2.24, 2.45) is 20.5 Å². The highest BCUT2D eigenvalue weighted by Crippen LogP contribution is 2.48. The number of fused-ring (bicyclic) bond motifs is 2. The Morgan fingerprint density at radius 2 is 0.822 bits per heavy atom. The second-order valence-corrected chi connectivity index (χ2v) is 24.8. The molecule has 0 radical (unpaired) electrons. The maximum atomic E-state index is 12.5. The number of benzene rings is 6. The Balaban J connectivity index is 0.818. The first kappa shape index (κ1) is 66.9. The molecule has 0 atom stereocenters. The molecule has 0 aliphatic rings. The number of aromatic nitrogens is 6. The monoisotopic (exact) mass is 1360 g/mol. The minimum absolute atomic E-state index is 0.0778. The highest BCUT2D eigenvalue weighted by Gasteiger charge is 2.29. The molecule has 12 N–H and O–H groups in total. The Bertz CT molecular complexity index is 4380. The SMILES string of the molecule is O=C(O)c1ccccc1N=Nc1c(S(=O)(=O)O)cc2cc(S(=O)(=O)O)cc(Nc3nc(Cl)nc(NCCCOCCCCOCCCNc4nc(Cl)nc(Nc5cc(S(=O)(=O)O)cc6cc(S(=O)(=O)O)c(N=Nc7ccccc7C(=O)O)c(O)c56)n4)n3)c2c1O. The summed E-state index contributed by atoms with van der Waals surface area (Å²) in [6.45, 7) is 1.81. The van der Waals surface area contributed by atoms with Crippen molar-refractivity contribution in [2.45, 2.75) is 45.3 Å². The van der Waals surface area contributed by atoms with Crippen LogP contribution in [0.25, 0.3) is 21.5 Å². The number of aromatic hydroxyl groups is 2. The summed E-state index contributed by atoms with van der Waals surface area (Å²) in [5.74, 6) is -5.66. The van der Waals surface area contributed by atoms with Crippen LogP contribution < -0.4 is 21.3 Å². The maximum absolute atomic E-state index is 12.5. The number of carboxylic acid groups (broad SMARTS) is 2. The highest BCUT2D eigenvalue weighted by molar-refractivity contribution is 7.86. The number of phenolic OH excluding ortho intramolecular Hbond substituents is 2. The molecule has 0 saturated heterocycles. The van der Waals surface area contributed by atoms with Gasteiger partial charge in [0.1, 0.15) is 32.5 Å². The fourth-order valence-electron chi connectivity index (χ4n) is 8.26. The van der Waals surface area contributed by atoms with Crippen molar-refractivity contribution in [1.82, 2.24) is 29.9 Å². The molecule has 2 aromatic heterocycles. The normalized spacial score (nSPS) is 12.3. The number of phenols is 2. The molecular weight excluding hydrogens is 1320 g/mol. The van der Waals surface area contributed by atoms with Gasteiger partial charge in [-0.2, -0.15) is 63.6 Å². The van der Waals surface area contributed by atoms with Crippen LogP contribution in [0.4, 0.5) is 57.9 Å². The second kappa shape index (κ2) is 28.2. The third-order valence-corrected chi connectivity index (χ3v) is 16.0. The van der Waals surface area contributed by atoms with Crippen LogP contribution in [0.3, 0.4) is 0 Å². The Morgan fingerprint density at radius 1 is 0.467 bits per heavy atom. The predicted molar refractivity (Wildman–Crippen MR) is 319 cm³/mol. The standard InChI is InChI=1S/C50H46Cl2N14O20S4/c51-45-57-47(61-49(59-45)55-33-23-27(87(73,74)75)19-25-21-35(89(79,80)81)39(41(67)37(25)33)65-63-31-11-3-1-9-29(31)43(69)70)53-13-7-17-85-15-5-6-16-86-18-8-14-54-48-58-46(52)60-50(62-48)56-34-24-28(88(76,77)78)20-26-22-36(90(82,83)84)40(42(68)38(26)34)66-64-32-12-4-2-10-30(32)44(71)72/h1-4,9-12,19-24,67-68H,5-8,13-18H2,(H,69,70)(H,71,72)(H,73,74,75)(H,76,77,78)(H,79,80,81)(H,82,83,84)(H2,53,55,57,59,61)(H2,54,56,58,60,62). The summed E-state index contributed by atoms with van der Waals surface area (Å²) in [6.07, 6.45) is 2.12. The van der Waals surface area contributed by atoms with E-state index in [-0.39, 0.29) is 116 Å². The topological polar surface area (TPSA) is 526 Å². The molecule has 0 amide bonds. The van der Waals surface area contributed by atoms with Gasteiger partial charge in [-0.3, -0.25) is 18.2 Å². The summed E-state index contributed by atoms with van der Waals surface area (Å²) in [7, 11) is -20.5. The fourth-order valence-corrected chi connectivity index (χ4v) is 11.0. The van der Waals surface area contributed by atoms with Gasteiger partial charge in [-0.05, 0) is 120 Å². The molecule has 474 valence electrons. The van der Waals surface area contributed by atoms with E-state index in [1.54, 1.807) is 0 Å². The number of carboxylic acids is 2. The van der Waals surface area contributed by atoms with Crippen molar-refractivity contribution in [3.8, 4) is 11.5 Å². The summed E-state index contributed by atoms with van der Waals surface area (Å²) < 4.78 is 151. The van der Waals surface area contributed by atoms with E-state index >= 15 is 0 Å². The Morgan fingerprint density at radius 3 is 1.18 bits per heavy atom. The number of halogens is 2. The second-order valence-electron chi connectivity index (χ2n) is 18.5. The summed E-state index contributed by atoms with van der Waals surface area (Å²) in [4.78, 5) is 44.2. The quantitative estimate of drug-likeness (QED) is 0.0118. The molecule has 40 heteroatoms. The van der Waals surface area contributed by atoms with Crippen molar-refractivity contribution in [1.29, 1.82) is 0 Å². The average molecular weight is 1360 g/mol. The predicted octanol–water partition coefficient (Wildman–Crippen LogP) is 8.90. The molecule has 0 bridgehead atoms. The molecule has 34 nitrogen and oxygen atoms in total. The van der Waals surface area contributed by atoms with Crippen LogP contribution in [0.1, 0.15) is 46.4 Å². The number of unbranched alkanes of at least 4 members (excludes halogenated alkanes) is 1. The Labute approximate surface area is 518 Å². The lowest BCUT2D eigenvalue weighted by atomic mass is 10.1. The first-order valence-corrected chi connectivity index (χ1v) is 32.0. The number of hydrogen-bond donors (Lipinski definition) is 12. The zero-order chi connectivity index (χ0) is 65.3. The van der Waals surface area contributed by atoms with E-state index < -0.39 is 94.9 Å². The average Bonchev–Trinajstić information content (AvgIpc) is 0.764. The number of anilines is 6. The lowest BCUT2D eigenvalue weighted by Crippen LogP contribution is -2.11. The fraction of sp³-hybridized carbons (Fsp3) is 0.200. The molecule has 0 saturated carbocycles. The number of carbonyl (C=O) groups is 2. The zero-order valence-electron chi connectivity index (χ0n) is 45.5. The van der Waals surface area contributed by atoms with Crippen molar-refractivity contribution in [2.75, 3.05) is 60.8 Å². The number of rotatable bonds is 29.